The lowest BCUT2D eigenvalue weighted by molar-refractivity contribution is -0.161. The van der Waals surface area contributed by atoms with Crippen LogP contribution in [-0.2, 0) is 65.4 Å². The fourth-order valence-electron chi connectivity index (χ4n) is 11.4. The highest BCUT2D eigenvalue weighted by Gasteiger charge is 2.30. The van der Waals surface area contributed by atoms with Gasteiger partial charge in [-0.1, -0.05) is 337 Å². The van der Waals surface area contributed by atoms with Gasteiger partial charge in [-0.15, -0.1) is 0 Å². The molecule has 3 N–H and O–H groups in total. The smallest absolute Gasteiger partial charge is 0.462 e. The molecule has 0 heterocycles. The third-order valence-electron chi connectivity index (χ3n) is 18.2. The largest absolute Gasteiger partial charge is 0.472 e. The van der Waals surface area contributed by atoms with Crippen molar-refractivity contribution < 1.29 is 80.2 Å². The van der Waals surface area contributed by atoms with Crippen LogP contribution in [0.2, 0.25) is 0 Å². The number of rotatable bonds is 74. The average Bonchev–Trinajstić information content (AvgIpc) is 2.41. The predicted octanol–water partition coefficient (Wildman–Crippen LogP) is 21.9. The van der Waals surface area contributed by atoms with Crippen LogP contribution in [0.15, 0.2) is 0 Å². The number of aliphatic hydroxyl groups is 1. The van der Waals surface area contributed by atoms with Crippen LogP contribution in [0.4, 0.5) is 0 Å². The Morgan fingerprint density at radius 1 is 0.298 bits per heavy atom. The highest BCUT2D eigenvalue weighted by molar-refractivity contribution is 7.47. The molecule has 0 saturated carbocycles. The maximum absolute atomic E-state index is 13.1. The summed E-state index contributed by atoms with van der Waals surface area (Å²) >= 11 is 0. The molecule has 0 aliphatic heterocycles. The maximum atomic E-state index is 13.1. The van der Waals surface area contributed by atoms with Gasteiger partial charge in [-0.25, -0.2) is 9.13 Å². The van der Waals surface area contributed by atoms with E-state index in [1.165, 1.54) is 205 Å². The first-order valence-corrected chi connectivity index (χ1v) is 42.1. The van der Waals surface area contributed by atoms with E-state index in [1.807, 2.05) is 0 Å². The molecule has 7 atom stereocenters. The maximum Gasteiger partial charge on any atom is 0.472 e. The van der Waals surface area contributed by atoms with E-state index >= 15 is 0 Å². The third-order valence-corrected chi connectivity index (χ3v) is 20.1. The fraction of sp³-hybridized carbons (Fsp3) is 0.947. The molecule has 94 heavy (non-hydrogen) atoms. The van der Waals surface area contributed by atoms with Gasteiger partial charge in [0.05, 0.1) is 26.4 Å². The zero-order valence-corrected chi connectivity index (χ0v) is 63.1. The van der Waals surface area contributed by atoms with E-state index in [2.05, 4.69) is 41.5 Å². The minimum atomic E-state index is -4.96. The van der Waals surface area contributed by atoms with Gasteiger partial charge in [-0.05, 0) is 37.5 Å². The quantitative estimate of drug-likeness (QED) is 0.0222. The van der Waals surface area contributed by atoms with Gasteiger partial charge in [0.25, 0.3) is 0 Å². The Kier molecular flexibility index (Phi) is 65.5. The summed E-state index contributed by atoms with van der Waals surface area (Å²) in [5.74, 6) is -0.460. The van der Waals surface area contributed by atoms with Crippen molar-refractivity contribution in [2.24, 2.45) is 11.8 Å². The Morgan fingerprint density at radius 3 is 0.755 bits per heavy atom. The van der Waals surface area contributed by atoms with Gasteiger partial charge in [0.2, 0.25) is 0 Å². The number of hydrogen-bond donors (Lipinski definition) is 3. The van der Waals surface area contributed by atoms with Crippen LogP contribution >= 0.6 is 15.6 Å². The van der Waals surface area contributed by atoms with Gasteiger partial charge in [0.15, 0.2) is 12.2 Å². The molecule has 0 rings (SSSR count). The van der Waals surface area contributed by atoms with Crippen molar-refractivity contribution in [3.63, 3.8) is 0 Å². The summed E-state index contributed by atoms with van der Waals surface area (Å²) < 4.78 is 68.5. The van der Waals surface area contributed by atoms with Crippen molar-refractivity contribution in [3.05, 3.63) is 0 Å². The summed E-state index contributed by atoms with van der Waals surface area (Å²) in [6.45, 7) is 9.67. The van der Waals surface area contributed by atoms with Crippen molar-refractivity contribution in [3.8, 4) is 0 Å². The highest BCUT2D eigenvalue weighted by atomic mass is 31.2. The van der Waals surface area contributed by atoms with Crippen LogP contribution in [-0.4, -0.2) is 96.7 Å². The topological polar surface area (TPSA) is 237 Å². The van der Waals surface area contributed by atoms with Crippen LogP contribution in [0.3, 0.4) is 0 Å². The Morgan fingerprint density at radius 2 is 0.511 bits per heavy atom. The Bertz CT molecular complexity index is 1820. The molecular formula is C75H146O17P2. The van der Waals surface area contributed by atoms with Gasteiger partial charge in [-0.2, -0.15) is 0 Å². The summed E-state index contributed by atoms with van der Waals surface area (Å²) in [6, 6.07) is 0. The Hall–Kier alpha value is -1.94. The third kappa shape index (κ3) is 66.0. The Labute approximate surface area is 575 Å². The molecule has 0 amide bonds. The van der Waals surface area contributed by atoms with Gasteiger partial charge < -0.3 is 33.8 Å². The number of carbonyl (C=O) groups excluding carboxylic acids is 4. The molecule has 0 aliphatic carbocycles. The van der Waals surface area contributed by atoms with E-state index in [-0.39, 0.29) is 25.7 Å². The number of phosphoric ester groups is 2. The number of esters is 4. The van der Waals surface area contributed by atoms with Gasteiger partial charge in [0.1, 0.15) is 19.3 Å². The second-order valence-corrected chi connectivity index (χ2v) is 30.4. The van der Waals surface area contributed by atoms with Crippen LogP contribution < -0.4 is 0 Å². The van der Waals surface area contributed by atoms with E-state index in [9.17, 15) is 43.2 Å². The molecule has 19 heteroatoms. The zero-order chi connectivity index (χ0) is 69.3. The van der Waals surface area contributed by atoms with Crippen molar-refractivity contribution >= 4 is 39.5 Å². The lowest BCUT2D eigenvalue weighted by Crippen LogP contribution is -2.30. The molecule has 0 aromatic rings. The molecule has 0 radical (unpaired) electrons. The molecule has 558 valence electrons. The molecule has 0 aromatic heterocycles. The van der Waals surface area contributed by atoms with E-state index in [4.69, 9.17) is 37.0 Å². The fourth-order valence-corrected chi connectivity index (χ4v) is 13.0. The predicted molar refractivity (Wildman–Crippen MR) is 381 cm³/mol. The van der Waals surface area contributed by atoms with Gasteiger partial charge >= 0.3 is 39.5 Å². The number of unbranched alkanes of at least 4 members (excludes halogenated alkanes) is 42. The van der Waals surface area contributed by atoms with Crippen molar-refractivity contribution in [1.82, 2.24) is 0 Å². The number of carbonyl (C=O) groups is 4. The van der Waals surface area contributed by atoms with Gasteiger partial charge in [0, 0.05) is 25.7 Å². The minimum Gasteiger partial charge on any atom is -0.462 e. The van der Waals surface area contributed by atoms with Crippen molar-refractivity contribution in [2.75, 3.05) is 39.6 Å². The number of aliphatic hydroxyl groups excluding tert-OH is 1. The molecule has 0 aliphatic rings. The summed E-state index contributed by atoms with van der Waals surface area (Å²) in [5.41, 5.74) is 0. The molecule has 17 nitrogen and oxygen atoms in total. The average molecular weight is 1380 g/mol. The molecule has 0 spiro atoms. The number of phosphoric acid groups is 2. The summed E-state index contributed by atoms with van der Waals surface area (Å²) in [4.78, 5) is 72.8. The minimum absolute atomic E-state index is 0.107. The van der Waals surface area contributed by atoms with E-state index in [0.717, 1.165) is 102 Å². The number of hydrogen-bond acceptors (Lipinski definition) is 15. The van der Waals surface area contributed by atoms with Crippen LogP contribution in [0.25, 0.3) is 0 Å². The van der Waals surface area contributed by atoms with Crippen LogP contribution in [0, 0.1) is 11.8 Å². The first kappa shape index (κ1) is 92.1. The molecule has 0 aromatic carbocycles. The summed E-state index contributed by atoms with van der Waals surface area (Å²) in [5, 5.41) is 10.6. The monoisotopic (exact) mass is 1380 g/mol. The summed E-state index contributed by atoms with van der Waals surface area (Å²) in [7, 11) is -9.91. The molecule has 4 unspecified atom stereocenters. The summed E-state index contributed by atoms with van der Waals surface area (Å²) in [6.07, 6.45) is 53.8. The second-order valence-electron chi connectivity index (χ2n) is 27.5. The normalized spacial score (nSPS) is 14.6. The van der Waals surface area contributed by atoms with E-state index in [0.29, 0.717) is 25.7 Å². The second kappa shape index (κ2) is 66.9. The number of ether oxygens (including phenoxy) is 4. The lowest BCUT2D eigenvalue weighted by atomic mass is 9.99. The van der Waals surface area contributed by atoms with E-state index in [1.54, 1.807) is 0 Å². The first-order chi connectivity index (χ1) is 45.4. The standard InChI is InChI=1S/C75H146O17P2/c1-7-11-13-15-17-19-25-33-39-45-51-57-72(77)85-63-70(91-74(79)59-53-47-41-35-26-20-18-16-14-12-8-2)65-89-93(81,82)87-61-69(76)62-88-94(83,84)90-66-71(64-86-73(78)58-52-46-40-34-30-29-32-38-44-50-56-68(6)10-4)92-75(80)60-54-48-42-36-28-24-22-21-23-27-31-37-43-49-55-67(5)9-3/h67-71,76H,7-66H2,1-6H3,(H,81,82)(H,83,84)/t67?,68?,69-,70+,71+/m0/s1. The van der Waals surface area contributed by atoms with E-state index < -0.39 is 97.5 Å². The van der Waals surface area contributed by atoms with Crippen LogP contribution in [0.1, 0.15) is 388 Å². The van der Waals surface area contributed by atoms with Gasteiger partial charge in [-0.3, -0.25) is 37.3 Å². The molecule has 0 bridgehead atoms. The van der Waals surface area contributed by atoms with Crippen molar-refractivity contribution in [1.29, 1.82) is 0 Å². The zero-order valence-electron chi connectivity index (χ0n) is 61.3. The SMILES string of the molecule is CCCCCCCCCCCCCC(=O)OC[C@H](COP(=O)(O)OC[C@H](O)COP(=O)(O)OC[C@@H](COC(=O)CCCCCCCCCCCCC(C)CC)OC(=O)CCCCCCCCCCCCCCCCC(C)CC)OC(=O)CCCCCCCCCCCCC. The molecule has 0 saturated heterocycles. The first-order valence-electron chi connectivity index (χ1n) is 39.1. The van der Waals surface area contributed by atoms with Crippen LogP contribution in [0.5, 0.6) is 0 Å². The lowest BCUT2D eigenvalue weighted by Gasteiger charge is -2.21. The molecule has 0 fully saturated rings. The molecular weight excluding hydrogens is 1230 g/mol. The Balaban J connectivity index is 5.25. The van der Waals surface area contributed by atoms with Crippen molar-refractivity contribution in [2.45, 2.75) is 407 Å². The highest BCUT2D eigenvalue weighted by Crippen LogP contribution is 2.45.